The van der Waals surface area contributed by atoms with E-state index < -0.39 is 6.17 Å². The molecule has 0 unspecified atom stereocenters. The lowest BCUT2D eigenvalue weighted by Crippen LogP contribution is -2.36. The first-order valence-electron chi connectivity index (χ1n) is 13.6. The van der Waals surface area contributed by atoms with Crippen molar-refractivity contribution in [2.45, 2.75) is 44.3 Å². The fraction of sp³-hybridized carbons (Fsp3) is 0.448. The van der Waals surface area contributed by atoms with Crippen LogP contribution in [0.3, 0.4) is 0 Å². The predicted molar refractivity (Wildman–Crippen MR) is 145 cm³/mol. The number of fused-ring (bicyclic) bond motifs is 3. The summed E-state index contributed by atoms with van der Waals surface area (Å²) in [4.78, 5) is 19.8. The van der Waals surface area contributed by atoms with Crippen molar-refractivity contribution in [3.8, 4) is 11.3 Å². The van der Waals surface area contributed by atoms with Gasteiger partial charge in [0.1, 0.15) is 12.0 Å². The molecule has 2 N–H and O–H groups in total. The van der Waals surface area contributed by atoms with Crippen LogP contribution in [-0.2, 0) is 7.05 Å². The Morgan fingerprint density at radius 1 is 1.13 bits per heavy atom. The molecule has 7 nitrogen and oxygen atoms in total. The highest BCUT2D eigenvalue weighted by Gasteiger charge is 2.21. The van der Waals surface area contributed by atoms with E-state index in [4.69, 9.17) is 4.98 Å². The van der Waals surface area contributed by atoms with E-state index in [1.165, 1.54) is 0 Å². The number of aryl methyl sites for hydroxylation is 1. The summed E-state index contributed by atoms with van der Waals surface area (Å²) in [7, 11) is 1.90. The van der Waals surface area contributed by atoms with Crippen LogP contribution in [0.15, 0.2) is 42.6 Å². The lowest BCUT2D eigenvalue weighted by atomic mass is 10.0. The van der Waals surface area contributed by atoms with Crippen molar-refractivity contribution in [1.82, 2.24) is 29.5 Å². The summed E-state index contributed by atoms with van der Waals surface area (Å²) >= 11 is 0. The van der Waals surface area contributed by atoms with Crippen molar-refractivity contribution < 1.29 is 13.6 Å². The lowest BCUT2D eigenvalue weighted by Gasteiger charge is -2.28. The Balaban J connectivity index is 1.15. The second kappa shape index (κ2) is 10.5. The van der Waals surface area contributed by atoms with Crippen molar-refractivity contribution >= 4 is 22.7 Å². The summed E-state index contributed by atoms with van der Waals surface area (Å²) in [6.45, 7) is 3.99. The molecule has 0 spiro atoms. The molecule has 4 heterocycles. The third kappa shape index (κ3) is 4.80. The summed E-state index contributed by atoms with van der Waals surface area (Å²) in [6.07, 6.45) is 5.37. The number of nitrogens with zero attached hydrogens (tertiary/aromatic N) is 4. The van der Waals surface area contributed by atoms with E-state index in [2.05, 4.69) is 15.5 Å². The van der Waals surface area contributed by atoms with Crippen molar-refractivity contribution in [3.63, 3.8) is 0 Å². The Morgan fingerprint density at radius 2 is 1.97 bits per heavy atom. The fourth-order valence-corrected chi connectivity index (χ4v) is 5.82. The Morgan fingerprint density at radius 3 is 2.74 bits per heavy atom. The zero-order chi connectivity index (χ0) is 26.2. The molecule has 0 aliphatic carbocycles. The van der Waals surface area contributed by atoms with Gasteiger partial charge in [-0.1, -0.05) is 6.07 Å². The topological polar surface area (TPSA) is 66.6 Å². The molecule has 2 fully saturated rings. The van der Waals surface area contributed by atoms with Crippen molar-refractivity contribution in [1.29, 1.82) is 0 Å². The van der Waals surface area contributed by atoms with Crippen LogP contribution in [0.4, 0.5) is 8.78 Å². The van der Waals surface area contributed by atoms with Gasteiger partial charge < -0.3 is 20.1 Å². The molecule has 1 amide bonds. The van der Waals surface area contributed by atoms with Crippen LogP contribution in [-0.4, -0.2) is 63.7 Å². The number of carbonyl (C=O) groups is 1. The van der Waals surface area contributed by atoms with Gasteiger partial charge in [0.05, 0.1) is 16.7 Å². The standard InChI is InChI=1S/C29H34F2N6O/c1-35-27-17-20(28(38)33-12-3-13-36-14-9-21(30)10-15-36)6-8-26(27)37-18-25(34-29(35)37)22-7-5-19(16-23(22)31)24-4-2-11-32-24/h5-8,16-18,21,24,32H,2-4,9-15H2,1H3,(H,33,38)/t24-/m0/s1. The van der Waals surface area contributed by atoms with E-state index in [1.807, 2.05) is 52.5 Å². The number of benzene rings is 2. The van der Waals surface area contributed by atoms with E-state index in [0.29, 0.717) is 42.0 Å². The number of nitrogens with one attached hydrogen (secondary N) is 2. The summed E-state index contributed by atoms with van der Waals surface area (Å²) in [5, 5.41) is 6.42. The number of hydrogen-bond acceptors (Lipinski definition) is 4. The van der Waals surface area contributed by atoms with Gasteiger partial charge in [-0.25, -0.2) is 13.8 Å². The third-order valence-corrected chi connectivity index (χ3v) is 8.03. The SMILES string of the molecule is Cn1c2cc(C(=O)NCCCN3CCC(F)CC3)ccc2n2cc(-c3ccc([C@@H]4CCCN4)cc3F)nc12. The first-order chi connectivity index (χ1) is 18.5. The van der Waals surface area contributed by atoms with Gasteiger partial charge in [0.15, 0.2) is 0 Å². The molecule has 0 bridgehead atoms. The molecule has 9 heteroatoms. The largest absolute Gasteiger partial charge is 0.352 e. The third-order valence-electron chi connectivity index (χ3n) is 8.03. The maximum atomic E-state index is 15.1. The van der Waals surface area contributed by atoms with Gasteiger partial charge in [0.25, 0.3) is 5.91 Å². The molecular formula is C29H34F2N6O. The molecule has 2 aliphatic heterocycles. The summed E-state index contributed by atoms with van der Waals surface area (Å²) < 4.78 is 32.2. The minimum atomic E-state index is -0.667. The average molecular weight is 521 g/mol. The molecule has 0 saturated carbocycles. The molecule has 200 valence electrons. The zero-order valence-electron chi connectivity index (χ0n) is 21.7. The summed E-state index contributed by atoms with van der Waals surface area (Å²) in [5.74, 6) is 0.299. The fourth-order valence-electron chi connectivity index (χ4n) is 5.82. The van der Waals surface area contributed by atoms with Crippen molar-refractivity contribution in [2.75, 3.05) is 32.7 Å². The normalized spacial score (nSPS) is 19.1. The zero-order valence-corrected chi connectivity index (χ0v) is 21.7. The number of rotatable bonds is 7. The van der Waals surface area contributed by atoms with E-state index >= 15 is 4.39 Å². The number of likely N-dealkylation sites (tertiary alicyclic amines) is 1. The van der Waals surface area contributed by atoms with Gasteiger partial charge in [-0.05, 0) is 81.1 Å². The molecule has 2 aromatic carbocycles. The molecule has 38 heavy (non-hydrogen) atoms. The van der Waals surface area contributed by atoms with Crippen LogP contribution >= 0.6 is 0 Å². The number of hydrogen-bond donors (Lipinski definition) is 2. The number of amides is 1. The number of aromatic nitrogens is 3. The molecule has 1 atom stereocenters. The Kier molecular flexibility index (Phi) is 6.88. The van der Waals surface area contributed by atoms with Crippen LogP contribution < -0.4 is 10.6 Å². The molecule has 4 aromatic rings. The molecule has 2 aromatic heterocycles. The molecule has 2 aliphatic rings. The van der Waals surface area contributed by atoms with E-state index in [-0.39, 0.29) is 17.8 Å². The second-order valence-corrected chi connectivity index (χ2v) is 10.6. The van der Waals surface area contributed by atoms with Gasteiger partial charge in [-0.15, -0.1) is 0 Å². The van der Waals surface area contributed by atoms with Crippen LogP contribution in [0.2, 0.25) is 0 Å². The average Bonchev–Trinajstić information content (AvgIpc) is 3.66. The number of carbonyl (C=O) groups excluding carboxylic acids is 1. The summed E-state index contributed by atoms with van der Waals surface area (Å²) in [6, 6.07) is 11.2. The smallest absolute Gasteiger partial charge is 0.251 e. The molecule has 6 rings (SSSR count). The van der Waals surface area contributed by atoms with Crippen molar-refractivity contribution in [3.05, 3.63) is 59.5 Å². The maximum Gasteiger partial charge on any atom is 0.251 e. The monoisotopic (exact) mass is 520 g/mol. The molecule has 0 radical (unpaired) electrons. The van der Waals surface area contributed by atoms with Gasteiger partial charge in [-0.2, -0.15) is 0 Å². The van der Waals surface area contributed by atoms with Crippen LogP contribution in [0.5, 0.6) is 0 Å². The number of piperidine rings is 1. The van der Waals surface area contributed by atoms with E-state index in [0.717, 1.165) is 62.0 Å². The number of imidazole rings is 2. The Bertz CT molecular complexity index is 1460. The Hall–Kier alpha value is -3.30. The highest BCUT2D eigenvalue weighted by Crippen LogP contribution is 2.30. The molecular weight excluding hydrogens is 486 g/mol. The highest BCUT2D eigenvalue weighted by atomic mass is 19.1. The van der Waals surface area contributed by atoms with Crippen LogP contribution in [0.25, 0.3) is 28.1 Å². The van der Waals surface area contributed by atoms with Gasteiger partial charge in [0, 0.05) is 50.0 Å². The van der Waals surface area contributed by atoms with E-state index in [1.54, 1.807) is 6.07 Å². The van der Waals surface area contributed by atoms with E-state index in [9.17, 15) is 9.18 Å². The minimum absolute atomic E-state index is 0.118. The first kappa shape index (κ1) is 25.0. The second-order valence-electron chi connectivity index (χ2n) is 10.6. The van der Waals surface area contributed by atoms with Gasteiger partial charge in [0.2, 0.25) is 5.78 Å². The Labute approximate surface area is 220 Å². The first-order valence-corrected chi connectivity index (χ1v) is 13.6. The summed E-state index contributed by atoms with van der Waals surface area (Å²) in [5.41, 5.74) is 4.41. The van der Waals surface area contributed by atoms with Crippen LogP contribution in [0, 0.1) is 5.82 Å². The number of alkyl halides is 1. The molecule has 2 saturated heterocycles. The minimum Gasteiger partial charge on any atom is -0.352 e. The van der Waals surface area contributed by atoms with Gasteiger partial charge in [-0.3, -0.25) is 9.20 Å². The highest BCUT2D eigenvalue weighted by molar-refractivity contribution is 5.98. The lowest BCUT2D eigenvalue weighted by molar-refractivity contribution is 0.0950. The quantitative estimate of drug-likeness (QED) is 0.350. The van der Waals surface area contributed by atoms with Gasteiger partial charge >= 0.3 is 0 Å². The maximum absolute atomic E-state index is 15.1. The van der Waals surface area contributed by atoms with Crippen LogP contribution in [0.1, 0.15) is 54.1 Å². The number of halogens is 2. The predicted octanol–water partition coefficient (Wildman–Crippen LogP) is 4.61. The van der Waals surface area contributed by atoms with Crippen molar-refractivity contribution in [2.24, 2.45) is 7.05 Å².